The quantitative estimate of drug-likeness (QED) is 0.656. The maximum absolute atomic E-state index is 12.7. The van der Waals surface area contributed by atoms with Gasteiger partial charge in [0.05, 0.1) is 5.69 Å². The van der Waals surface area contributed by atoms with Gasteiger partial charge < -0.3 is 4.74 Å². The summed E-state index contributed by atoms with van der Waals surface area (Å²) in [5, 5.41) is 1.71. The zero-order chi connectivity index (χ0) is 18.9. The van der Waals surface area contributed by atoms with Gasteiger partial charge in [0, 0.05) is 10.6 Å². The second-order valence-corrected chi connectivity index (χ2v) is 7.31. The van der Waals surface area contributed by atoms with E-state index >= 15 is 0 Å². The second kappa shape index (κ2) is 6.84. The van der Waals surface area contributed by atoms with Gasteiger partial charge in [-0.15, -0.1) is 0 Å². The van der Waals surface area contributed by atoms with E-state index in [0.717, 1.165) is 0 Å². The van der Waals surface area contributed by atoms with Crippen LogP contribution >= 0.6 is 11.6 Å². The lowest BCUT2D eigenvalue weighted by Crippen LogP contribution is -2.35. The van der Waals surface area contributed by atoms with Crippen molar-refractivity contribution in [3.05, 3.63) is 64.7 Å². The van der Waals surface area contributed by atoms with Crippen LogP contribution in [0.4, 0.5) is 5.69 Å². The van der Waals surface area contributed by atoms with Crippen LogP contribution in [0.25, 0.3) is 6.08 Å². The number of hydrogen-bond acceptors (Lipinski definition) is 3. The topological polar surface area (TPSA) is 58.6 Å². The lowest BCUT2D eigenvalue weighted by atomic mass is 10.1. The monoisotopic (exact) mass is 370 g/mol. The van der Waals surface area contributed by atoms with Crippen LogP contribution in [0.15, 0.2) is 54.1 Å². The smallest absolute Gasteiger partial charge is 0.282 e. The van der Waals surface area contributed by atoms with Gasteiger partial charge in [-0.2, -0.15) is 0 Å². The molecule has 1 saturated heterocycles. The highest BCUT2D eigenvalue weighted by Gasteiger charge is 2.34. The molecule has 2 aromatic rings. The Morgan fingerprint density at radius 3 is 2.42 bits per heavy atom. The van der Waals surface area contributed by atoms with E-state index in [0.29, 0.717) is 22.0 Å². The number of hydrogen-bond donors (Lipinski definition) is 1. The van der Waals surface area contributed by atoms with Crippen molar-refractivity contribution in [2.75, 3.05) is 5.01 Å². The van der Waals surface area contributed by atoms with E-state index in [2.05, 4.69) is 5.43 Å². The number of halogens is 1. The molecule has 0 aromatic heterocycles. The van der Waals surface area contributed by atoms with Crippen molar-refractivity contribution in [2.24, 2.45) is 0 Å². The van der Waals surface area contributed by atoms with E-state index in [4.69, 9.17) is 16.3 Å². The van der Waals surface area contributed by atoms with Crippen molar-refractivity contribution in [1.29, 1.82) is 0 Å². The zero-order valence-electron chi connectivity index (χ0n) is 14.7. The van der Waals surface area contributed by atoms with Gasteiger partial charge in [0.1, 0.15) is 16.9 Å². The van der Waals surface area contributed by atoms with Gasteiger partial charge in [-0.1, -0.05) is 29.8 Å². The summed E-state index contributed by atoms with van der Waals surface area (Å²) in [6.45, 7) is 5.76. The van der Waals surface area contributed by atoms with Gasteiger partial charge in [0.15, 0.2) is 0 Å². The van der Waals surface area contributed by atoms with E-state index in [1.165, 1.54) is 11.1 Å². The Morgan fingerprint density at radius 1 is 1.08 bits per heavy atom. The Morgan fingerprint density at radius 2 is 1.77 bits per heavy atom. The number of anilines is 1. The van der Waals surface area contributed by atoms with Crippen LogP contribution in [0.1, 0.15) is 26.3 Å². The van der Waals surface area contributed by atoms with Crippen LogP contribution < -0.4 is 15.2 Å². The Hall–Kier alpha value is -2.79. The summed E-state index contributed by atoms with van der Waals surface area (Å²) in [7, 11) is 0. The molecule has 2 aromatic carbocycles. The fourth-order valence-corrected chi connectivity index (χ4v) is 2.71. The predicted octanol–water partition coefficient (Wildman–Crippen LogP) is 3.98. The minimum absolute atomic E-state index is 0.0230. The number of nitrogens with one attached hydrogen (secondary N) is 1. The molecule has 134 valence electrons. The summed E-state index contributed by atoms with van der Waals surface area (Å²) in [5.41, 5.74) is 3.33. The van der Waals surface area contributed by atoms with Gasteiger partial charge in [-0.3, -0.25) is 15.0 Å². The Labute approximate surface area is 157 Å². The maximum atomic E-state index is 12.7. The highest BCUT2D eigenvalue weighted by molar-refractivity contribution is 6.32. The molecule has 0 saturated carbocycles. The molecular weight excluding hydrogens is 352 g/mol. The van der Waals surface area contributed by atoms with Crippen molar-refractivity contribution in [1.82, 2.24) is 5.43 Å². The third-order valence-electron chi connectivity index (χ3n) is 3.59. The summed E-state index contributed by atoms with van der Waals surface area (Å²) in [6, 6.07) is 14.0. The number of nitrogens with zero attached hydrogens (tertiary/aromatic N) is 1. The van der Waals surface area contributed by atoms with Crippen LogP contribution in [-0.2, 0) is 9.59 Å². The lowest BCUT2D eigenvalue weighted by molar-refractivity contribution is -0.117. The first kappa shape index (κ1) is 18.0. The third-order valence-corrected chi connectivity index (χ3v) is 3.83. The molecule has 0 atom stereocenters. The van der Waals surface area contributed by atoms with Gasteiger partial charge in [-0.05, 0) is 57.2 Å². The average Bonchev–Trinajstić information content (AvgIpc) is 2.85. The van der Waals surface area contributed by atoms with Crippen molar-refractivity contribution in [2.45, 2.75) is 26.4 Å². The third kappa shape index (κ3) is 3.89. The minimum atomic E-state index is -0.472. The second-order valence-electron chi connectivity index (χ2n) is 6.87. The van der Waals surface area contributed by atoms with E-state index in [1.54, 1.807) is 42.5 Å². The van der Waals surface area contributed by atoms with E-state index in [9.17, 15) is 9.59 Å². The van der Waals surface area contributed by atoms with E-state index in [-0.39, 0.29) is 5.57 Å². The molecule has 1 fully saturated rings. The minimum Gasteiger partial charge on any atom is -0.488 e. The highest BCUT2D eigenvalue weighted by atomic mass is 35.5. The molecule has 1 aliphatic rings. The molecule has 26 heavy (non-hydrogen) atoms. The number of ether oxygens (including phenoxy) is 1. The summed E-state index contributed by atoms with van der Waals surface area (Å²) in [6.07, 6.45) is 1.51. The van der Waals surface area contributed by atoms with Gasteiger partial charge >= 0.3 is 0 Å². The zero-order valence-corrected chi connectivity index (χ0v) is 15.5. The molecule has 1 heterocycles. The van der Waals surface area contributed by atoms with Crippen molar-refractivity contribution in [3.8, 4) is 5.75 Å². The van der Waals surface area contributed by atoms with Gasteiger partial charge in [0.25, 0.3) is 11.8 Å². The molecule has 2 amide bonds. The highest BCUT2D eigenvalue weighted by Crippen LogP contribution is 2.30. The number of para-hydroxylation sites is 1. The fourth-order valence-electron chi connectivity index (χ4n) is 2.53. The molecule has 5 nitrogen and oxygen atoms in total. The Balaban J connectivity index is 1.99. The number of carbonyl (C=O) groups excluding carboxylic acids is 2. The van der Waals surface area contributed by atoms with E-state index in [1.807, 2.05) is 26.8 Å². The largest absolute Gasteiger partial charge is 0.488 e. The molecule has 0 spiro atoms. The Kier molecular flexibility index (Phi) is 4.74. The fraction of sp³-hybridized carbons (Fsp3) is 0.200. The Bertz CT molecular complexity index is 886. The molecule has 6 heteroatoms. The number of carbonyl (C=O) groups is 2. The predicted molar refractivity (Wildman–Crippen MR) is 102 cm³/mol. The summed E-state index contributed by atoms with van der Waals surface area (Å²) < 4.78 is 5.92. The van der Waals surface area contributed by atoms with Crippen LogP contribution in [0.3, 0.4) is 0 Å². The normalized spacial score (nSPS) is 16.2. The van der Waals surface area contributed by atoms with Crippen LogP contribution in [0, 0.1) is 0 Å². The molecule has 1 aliphatic heterocycles. The number of hydrazine groups is 1. The average molecular weight is 371 g/mol. The number of rotatable bonds is 3. The summed E-state index contributed by atoms with van der Waals surface area (Å²) in [4.78, 5) is 25.0. The summed E-state index contributed by atoms with van der Waals surface area (Å²) >= 11 is 6.09. The first-order valence-corrected chi connectivity index (χ1v) is 8.53. The molecule has 0 bridgehead atoms. The van der Waals surface area contributed by atoms with Crippen molar-refractivity contribution < 1.29 is 14.3 Å². The molecule has 0 radical (unpaired) electrons. The van der Waals surface area contributed by atoms with Crippen LogP contribution in [-0.4, -0.2) is 17.4 Å². The summed E-state index contributed by atoms with van der Waals surface area (Å²) in [5.74, 6) is -0.350. The van der Waals surface area contributed by atoms with Crippen molar-refractivity contribution >= 4 is 35.2 Å². The number of benzene rings is 2. The van der Waals surface area contributed by atoms with Crippen molar-refractivity contribution in [3.63, 3.8) is 0 Å². The lowest BCUT2D eigenvalue weighted by Gasteiger charge is -2.22. The van der Waals surface area contributed by atoms with Gasteiger partial charge in [-0.25, -0.2) is 5.01 Å². The maximum Gasteiger partial charge on any atom is 0.282 e. The SMILES string of the molecule is CC(C)(C)Oc1ccc(Cl)cc1/C=C1/C(=O)NN(c2ccccc2)C1=O. The van der Waals surface area contributed by atoms with E-state index < -0.39 is 17.4 Å². The van der Waals surface area contributed by atoms with Gasteiger partial charge in [0.2, 0.25) is 0 Å². The molecule has 3 rings (SSSR count). The first-order chi connectivity index (χ1) is 12.2. The number of amides is 2. The molecular formula is C20H19ClN2O3. The molecule has 0 aliphatic carbocycles. The van der Waals surface area contributed by atoms with Crippen LogP contribution in [0.2, 0.25) is 5.02 Å². The molecule has 0 unspecified atom stereocenters. The van der Waals surface area contributed by atoms with Crippen LogP contribution in [0.5, 0.6) is 5.75 Å². The first-order valence-electron chi connectivity index (χ1n) is 8.15. The molecule has 1 N–H and O–H groups in total. The standard InChI is InChI=1S/C20H19ClN2O3/c1-20(2,3)26-17-10-9-14(21)11-13(17)12-16-18(24)22-23(19(16)25)15-7-5-4-6-8-15/h4-12H,1-3H3,(H,22,24)/b16-12-.